The van der Waals surface area contributed by atoms with Gasteiger partial charge in [-0.2, -0.15) is 0 Å². The highest BCUT2D eigenvalue weighted by Crippen LogP contribution is 2.35. The van der Waals surface area contributed by atoms with Crippen LogP contribution in [-0.4, -0.2) is 27.8 Å². The van der Waals surface area contributed by atoms with Gasteiger partial charge in [0.25, 0.3) is 0 Å². The van der Waals surface area contributed by atoms with E-state index < -0.39 is 0 Å². The molecule has 2 aromatic rings. The third-order valence-electron chi connectivity index (χ3n) is 4.94. The number of rotatable bonds is 5. The van der Waals surface area contributed by atoms with E-state index in [1.54, 1.807) is 0 Å². The number of benzene rings is 1. The minimum Gasteiger partial charge on any atom is -0.461 e. The quantitative estimate of drug-likeness (QED) is 0.632. The maximum Gasteiger partial charge on any atom is 0.316 e. The van der Waals surface area contributed by atoms with Crippen LogP contribution < -0.4 is 0 Å². The molecule has 3 unspecified atom stereocenters. The van der Waals surface area contributed by atoms with Crippen LogP contribution in [0.15, 0.2) is 29.4 Å². The Hall–Kier alpha value is -1.49. The SMILES string of the molecule is CC1CCC(C(C)C)C(OC(=O)CSc2nc3ccccc3[nH]2)C1. The van der Waals surface area contributed by atoms with Gasteiger partial charge in [-0.1, -0.05) is 51.1 Å². The zero-order chi connectivity index (χ0) is 17.1. The number of ether oxygens (including phenoxy) is 1. The lowest BCUT2D eigenvalue weighted by atomic mass is 9.75. The molecular formula is C19H26N2O2S. The van der Waals surface area contributed by atoms with E-state index in [2.05, 4.69) is 30.7 Å². The van der Waals surface area contributed by atoms with Gasteiger partial charge in [-0.3, -0.25) is 4.79 Å². The van der Waals surface area contributed by atoms with Crippen LogP contribution in [0.2, 0.25) is 0 Å². The van der Waals surface area contributed by atoms with Crippen LogP contribution in [-0.2, 0) is 9.53 Å². The molecule has 0 aliphatic heterocycles. The van der Waals surface area contributed by atoms with Crippen molar-refractivity contribution >= 4 is 28.8 Å². The van der Waals surface area contributed by atoms with Crippen molar-refractivity contribution < 1.29 is 9.53 Å². The largest absolute Gasteiger partial charge is 0.461 e. The summed E-state index contributed by atoms with van der Waals surface area (Å²) in [6.07, 6.45) is 3.46. The Labute approximate surface area is 147 Å². The van der Waals surface area contributed by atoms with Gasteiger partial charge in [-0.15, -0.1) is 0 Å². The third-order valence-corrected chi connectivity index (χ3v) is 5.79. The molecule has 1 aliphatic carbocycles. The molecular weight excluding hydrogens is 320 g/mol. The Morgan fingerprint density at radius 3 is 2.92 bits per heavy atom. The highest BCUT2D eigenvalue weighted by molar-refractivity contribution is 7.99. The van der Waals surface area contributed by atoms with E-state index in [0.29, 0.717) is 23.5 Å². The van der Waals surface area contributed by atoms with Gasteiger partial charge < -0.3 is 9.72 Å². The Morgan fingerprint density at radius 2 is 2.17 bits per heavy atom. The predicted octanol–water partition coefficient (Wildman–Crippen LogP) is 4.66. The van der Waals surface area contributed by atoms with Crippen LogP contribution in [0.25, 0.3) is 11.0 Å². The maximum atomic E-state index is 12.3. The number of H-pyrrole nitrogens is 1. The number of esters is 1. The summed E-state index contributed by atoms with van der Waals surface area (Å²) in [5, 5.41) is 0.769. The van der Waals surface area contributed by atoms with E-state index in [1.807, 2.05) is 24.3 Å². The highest BCUT2D eigenvalue weighted by atomic mass is 32.2. The molecule has 1 aromatic heterocycles. The molecule has 0 radical (unpaired) electrons. The molecule has 24 heavy (non-hydrogen) atoms. The van der Waals surface area contributed by atoms with Crippen molar-refractivity contribution in [3.05, 3.63) is 24.3 Å². The number of hydrogen-bond donors (Lipinski definition) is 1. The van der Waals surface area contributed by atoms with Crippen molar-refractivity contribution in [2.75, 3.05) is 5.75 Å². The number of imidazole rings is 1. The Bertz CT molecular complexity index is 664. The van der Waals surface area contributed by atoms with E-state index in [4.69, 9.17) is 4.74 Å². The second kappa shape index (κ2) is 7.60. The van der Waals surface area contributed by atoms with Gasteiger partial charge in [-0.05, 0) is 42.7 Å². The number of thioether (sulfide) groups is 1. The predicted molar refractivity (Wildman–Crippen MR) is 98.0 cm³/mol. The minimum atomic E-state index is -0.134. The highest BCUT2D eigenvalue weighted by Gasteiger charge is 2.33. The second-order valence-corrected chi connectivity index (χ2v) is 8.17. The van der Waals surface area contributed by atoms with E-state index >= 15 is 0 Å². The molecule has 0 bridgehead atoms. The number of fused-ring (bicyclic) bond motifs is 1. The molecule has 0 spiro atoms. The molecule has 5 heteroatoms. The number of aromatic amines is 1. The van der Waals surface area contributed by atoms with E-state index in [-0.39, 0.29) is 12.1 Å². The fourth-order valence-electron chi connectivity index (χ4n) is 3.58. The first kappa shape index (κ1) is 17.3. The summed E-state index contributed by atoms with van der Waals surface area (Å²) in [4.78, 5) is 20.0. The van der Waals surface area contributed by atoms with Gasteiger partial charge in [0.05, 0.1) is 16.8 Å². The minimum absolute atomic E-state index is 0.0672. The molecule has 3 rings (SSSR count). The number of aromatic nitrogens is 2. The average molecular weight is 346 g/mol. The molecule has 1 fully saturated rings. The van der Waals surface area contributed by atoms with Crippen molar-refractivity contribution in [1.29, 1.82) is 0 Å². The summed E-state index contributed by atoms with van der Waals surface area (Å²) in [6, 6.07) is 7.88. The van der Waals surface area contributed by atoms with Gasteiger partial charge >= 0.3 is 5.97 Å². The lowest BCUT2D eigenvalue weighted by Gasteiger charge is -2.36. The third kappa shape index (κ3) is 4.12. The molecule has 3 atom stereocenters. The number of hydrogen-bond acceptors (Lipinski definition) is 4. The van der Waals surface area contributed by atoms with Crippen molar-refractivity contribution in [3.63, 3.8) is 0 Å². The monoisotopic (exact) mass is 346 g/mol. The standard InChI is InChI=1S/C19H26N2O2S/c1-12(2)14-9-8-13(3)10-17(14)23-18(22)11-24-19-20-15-6-4-5-7-16(15)21-19/h4-7,12-14,17H,8-11H2,1-3H3,(H,20,21). The van der Waals surface area contributed by atoms with Crippen LogP contribution in [0.1, 0.15) is 40.0 Å². The molecule has 0 amide bonds. The number of nitrogens with one attached hydrogen (secondary N) is 1. The maximum absolute atomic E-state index is 12.3. The molecule has 0 saturated heterocycles. The summed E-state index contributed by atoms with van der Waals surface area (Å²) in [7, 11) is 0. The van der Waals surface area contributed by atoms with Gasteiger partial charge in [0, 0.05) is 0 Å². The molecule has 4 nitrogen and oxygen atoms in total. The smallest absolute Gasteiger partial charge is 0.316 e. The first-order valence-electron chi connectivity index (χ1n) is 8.80. The molecule has 1 aliphatic rings. The van der Waals surface area contributed by atoms with E-state index in [9.17, 15) is 4.79 Å². The number of para-hydroxylation sites is 2. The Kier molecular flexibility index (Phi) is 5.49. The van der Waals surface area contributed by atoms with Crippen molar-refractivity contribution in [2.45, 2.75) is 51.3 Å². The van der Waals surface area contributed by atoms with Crippen LogP contribution in [0, 0.1) is 17.8 Å². The fourth-order valence-corrected chi connectivity index (χ4v) is 4.25. The molecule has 1 N–H and O–H groups in total. The van der Waals surface area contributed by atoms with Crippen molar-refractivity contribution in [3.8, 4) is 0 Å². The number of nitrogens with zero attached hydrogens (tertiary/aromatic N) is 1. The summed E-state index contributed by atoms with van der Waals surface area (Å²) >= 11 is 1.41. The van der Waals surface area contributed by atoms with Crippen LogP contribution >= 0.6 is 11.8 Å². The van der Waals surface area contributed by atoms with Gasteiger partial charge in [-0.25, -0.2) is 4.98 Å². The molecule has 130 valence electrons. The lowest BCUT2D eigenvalue weighted by Crippen LogP contribution is -2.36. The summed E-state index contributed by atoms with van der Waals surface area (Å²) in [5.74, 6) is 1.85. The van der Waals surface area contributed by atoms with Crippen LogP contribution in [0.5, 0.6) is 0 Å². The van der Waals surface area contributed by atoms with Crippen molar-refractivity contribution in [2.24, 2.45) is 17.8 Å². The first-order valence-corrected chi connectivity index (χ1v) is 9.78. The van der Waals surface area contributed by atoms with Gasteiger partial charge in [0.15, 0.2) is 5.16 Å². The van der Waals surface area contributed by atoms with Crippen molar-refractivity contribution in [1.82, 2.24) is 9.97 Å². The summed E-state index contributed by atoms with van der Waals surface area (Å²) in [5.41, 5.74) is 1.92. The lowest BCUT2D eigenvalue weighted by molar-refractivity contribution is -0.152. The zero-order valence-electron chi connectivity index (χ0n) is 14.6. The normalized spacial score (nSPS) is 24.4. The van der Waals surface area contributed by atoms with Crippen LogP contribution in [0.4, 0.5) is 0 Å². The number of carbonyl (C=O) groups is 1. The molecule has 1 heterocycles. The molecule has 1 saturated carbocycles. The van der Waals surface area contributed by atoms with E-state index in [1.165, 1.54) is 18.2 Å². The second-order valence-electron chi connectivity index (χ2n) is 7.20. The Balaban J connectivity index is 1.56. The fraction of sp³-hybridized carbons (Fsp3) is 0.579. The summed E-state index contributed by atoms with van der Waals surface area (Å²) < 4.78 is 5.83. The Morgan fingerprint density at radius 1 is 1.38 bits per heavy atom. The average Bonchev–Trinajstić information content (AvgIpc) is 2.95. The van der Waals surface area contributed by atoms with Crippen LogP contribution in [0.3, 0.4) is 0 Å². The zero-order valence-corrected chi connectivity index (χ0v) is 15.4. The topological polar surface area (TPSA) is 55.0 Å². The number of carbonyl (C=O) groups excluding carboxylic acids is 1. The molecule has 1 aromatic carbocycles. The first-order chi connectivity index (χ1) is 11.5. The van der Waals surface area contributed by atoms with Gasteiger partial charge in [0.2, 0.25) is 0 Å². The van der Waals surface area contributed by atoms with Gasteiger partial charge in [0.1, 0.15) is 6.10 Å². The van der Waals surface area contributed by atoms with E-state index in [0.717, 1.165) is 29.0 Å². The summed E-state index contributed by atoms with van der Waals surface area (Å²) in [6.45, 7) is 6.70.